The zero-order valence-electron chi connectivity index (χ0n) is 15.8. The van der Waals surface area contributed by atoms with E-state index in [1.165, 1.54) is 24.3 Å². The van der Waals surface area contributed by atoms with E-state index in [-0.39, 0.29) is 4.90 Å². The molecular formula is C20H15F3N4O4. The highest BCUT2D eigenvalue weighted by molar-refractivity contribution is 6.14. The number of urea groups is 1. The number of carbonyl (C=O) groups excluding carboxylic acids is 4. The Hall–Kier alpha value is -3.89. The van der Waals surface area contributed by atoms with E-state index in [4.69, 9.17) is 0 Å². The summed E-state index contributed by atoms with van der Waals surface area (Å²) >= 11 is 0. The number of nitrogens with zero attached hydrogens (tertiary/aromatic N) is 2. The van der Waals surface area contributed by atoms with Crippen LogP contribution in [-0.4, -0.2) is 47.9 Å². The SMILES string of the molecule is O=C1CN(C(=O)CN2C(=O)NC(c3ccccc3)(C(F)(F)F)C2=O)c2ccccc2N1. The predicted octanol–water partition coefficient (Wildman–Crippen LogP) is 1.98. The molecule has 2 aromatic carbocycles. The number of hydrogen-bond donors (Lipinski definition) is 2. The summed E-state index contributed by atoms with van der Waals surface area (Å²) in [6.45, 7) is -1.36. The molecule has 0 spiro atoms. The molecule has 160 valence electrons. The lowest BCUT2D eigenvalue weighted by Gasteiger charge is -2.31. The summed E-state index contributed by atoms with van der Waals surface area (Å²) in [4.78, 5) is 51.3. The average molecular weight is 432 g/mol. The van der Waals surface area contributed by atoms with Crippen molar-refractivity contribution in [3.63, 3.8) is 0 Å². The van der Waals surface area contributed by atoms with Crippen molar-refractivity contribution < 1.29 is 32.3 Å². The number of amides is 5. The van der Waals surface area contributed by atoms with Crippen LogP contribution < -0.4 is 15.5 Å². The number of carbonyl (C=O) groups is 4. The molecule has 2 aromatic rings. The standard InChI is InChI=1S/C20H15F3N4O4/c21-20(22,23)19(12-6-2-1-3-7-12)17(30)27(18(31)25-19)11-16(29)26-10-15(28)24-13-8-4-5-9-14(13)26/h1-9H,10-11H2,(H,24,28)(H,25,31). The largest absolute Gasteiger partial charge is 0.425 e. The summed E-state index contributed by atoms with van der Waals surface area (Å²) in [5, 5.41) is 4.29. The monoisotopic (exact) mass is 432 g/mol. The molecule has 1 fully saturated rings. The normalized spacial score (nSPS) is 20.9. The number of nitrogens with one attached hydrogen (secondary N) is 2. The van der Waals surface area contributed by atoms with Crippen LogP contribution in [0.15, 0.2) is 54.6 Å². The van der Waals surface area contributed by atoms with Gasteiger partial charge in [0.05, 0.1) is 11.4 Å². The van der Waals surface area contributed by atoms with E-state index in [2.05, 4.69) is 5.32 Å². The van der Waals surface area contributed by atoms with E-state index in [1.807, 2.05) is 0 Å². The Bertz CT molecular complexity index is 1090. The van der Waals surface area contributed by atoms with Crippen LogP contribution >= 0.6 is 0 Å². The predicted molar refractivity (Wildman–Crippen MR) is 102 cm³/mol. The molecule has 0 bridgehead atoms. The minimum absolute atomic E-state index is 0.220. The maximum Gasteiger partial charge on any atom is 0.425 e. The number of imide groups is 1. The highest BCUT2D eigenvalue weighted by Gasteiger charge is 2.68. The number of para-hydroxylation sites is 2. The highest BCUT2D eigenvalue weighted by atomic mass is 19.4. The van der Waals surface area contributed by atoms with Crippen molar-refractivity contribution in [1.29, 1.82) is 0 Å². The van der Waals surface area contributed by atoms with Crippen molar-refractivity contribution in [3.05, 3.63) is 60.2 Å². The van der Waals surface area contributed by atoms with Crippen molar-refractivity contribution in [1.82, 2.24) is 10.2 Å². The van der Waals surface area contributed by atoms with Crippen LogP contribution in [0, 0.1) is 0 Å². The van der Waals surface area contributed by atoms with Gasteiger partial charge in [-0.25, -0.2) is 4.79 Å². The van der Waals surface area contributed by atoms with Gasteiger partial charge in [-0.2, -0.15) is 13.2 Å². The second-order valence-electron chi connectivity index (χ2n) is 6.98. The van der Waals surface area contributed by atoms with Crippen molar-refractivity contribution in [2.24, 2.45) is 0 Å². The van der Waals surface area contributed by atoms with Gasteiger partial charge >= 0.3 is 12.2 Å². The molecule has 4 rings (SSSR count). The molecule has 0 aromatic heterocycles. The Labute approximate surface area is 173 Å². The number of halogens is 3. The smallest absolute Gasteiger partial charge is 0.323 e. The van der Waals surface area contributed by atoms with Gasteiger partial charge in [0.1, 0.15) is 13.1 Å². The second-order valence-corrected chi connectivity index (χ2v) is 6.98. The molecule has 1 unspecified atom stereocenters. The fourth-order valence-corrected chi connectivity index (χ4v) is 3.64. The van der Waals surface area contributed by atoms with Crippen LogP contribution in [0.1, 0.15) is 5.56 Å². The number of benzene rings is 2. The molecule has 5 amide bonds. The van der Waals surface area contributed by atoms with E-state index in [0.717, 1.165) is 17.0 Å². The van der Waals surface area contributed by atoms with Crippen molar-refractivity contribution in [2.45, 2.75) is 11.7 Å². The van der Waals surface area contributed by atoms with Gasteiger partial charge in [-0.1, -0.05) is 42.5 Å². The summed E-state index contributed by atoms with van der Waals surface area (Å²) in [6.07, 6.45) is -5.16. The minimum atomic E-state index is -5.16. The molecule has 1 saturated heterocycles. The number of anilines is 2. The van der Waals surface area contributed by atoms with E-state index >= 15 is 0 Å². The summed E-state index contributed by atoms with van der Waals surface area (Å²) in [6, 6.07) is 11.2. The first-order valence-corrected chi connectivity index (χ1v) is 9.11. The molecule has 2 N–H and O–H groups in total. The summed E-state index contributed by atoms with van der Waals surface area (Å²) in [5.74, 6) is -3.01. The van der Waals surface area contributed by atoms with Gasteiger partial charge < -0.3 is 10.6 Å². The van der Waals surface area contributed by atoms with Gasteiger partial charge in [-0.3, -0.25) is 24.2 Å². The van der Waals surface area contributed by atoms with Crippen molar-refractivity contribution >= 4 is 35.1 Å². The van der Waals surface area contributed by atoms with Gasteiger partial charge in [-0.05, 0) is 17.7 Å². The highest BCUT2D eigenvalue weighted by Crippen LogP contribution is 2.43. The summed E-state index contributed by atoms with van der Waals surface area (Å²) < 4.78 is 42.1. The molecule has 11 heteroatoms. The van der Waals surface area contributed by atoms with Crippen LogP contribution in [0.5, 0.6) is 0 Å². The number of rotatable bonds is 3. The average Bonchev–Trinajstić information content (AvgIpc) is 2.99. The lowest BCUT2D eigenvalue weighted by molar-refractivity contribution is -0.198. The Kier molecular flexibility index (Phi) is 4.68. The molecule has 0 radical (unpaired) electrons. The minimum Gasteiger partial charge on any atom is -0.323 e. The number of fused-ring (bicyclic) bond motifs is 1. The molecule has 8 nitrogen and oxygen atoms in total. The third kappa shape index (κ3) is 3.18. The fraction of sp³-hybridized carbons (Fsp3) is 0.200. The van der Waals surface area contributed by atoms with Gasteiger partial charge in [0.2, 0.25) is 17.4 Å². The first-order chi connectivity index (χ1) is 14.6. The Balaban J connectivity index is 1.66. The van der Waals surface area contributed by atoms with Crippen LogP contribution in [0.4, 0.5) is 29.3 Å². The molecule has 31 heavy (non-hydrogen) atoms. The van der Waals surface area contributed by atoms with E-state index in [1.54, 1.807) is 23.5 Å². The van der Waals surface area contributed by atoms with Gasteiger partial charge in [0.25, 0.3) is 5.91 Å². The number of alkyl halides is 3. The zero-order chi connectivity index (χ0) is 22.4. The third-order valence-corrected chi connectivity index (χ3v) is 5.10. The third-order valence-electron chi connectivity index (χ3n) is 5.10. The lowest BCUT2D eigenvalue weighted by Crippen LogP contribution is -2.56. The van der Waals surface area contributed by atoms with Crippen molar-refractivity contribution in [2.75, 3.05) is 23.3 Å². The van der Waals surface area contributed by atoms with Gasteiger partial charge in [0, 0.05) is 0 Å². The molecular weight excluding hydrogens is 417 g/mol. The topological polar surface area (TPSA) is 98.8 Å². The van der Waals surface area contributed by atoms with E-state index in [0.29, 0.717) is 11.4 Å². The first-order valence-electron chi connectivity index (χ1n) is 9.11. The molecule has 1 atom stereocenters. The molecule has 2 aliphatic rings. The van der Waals surface area contributed by atoms with Crippen molar-refractivity contribution in [3.8, 4) is 0 Å². The van der Waals surface area contributed by atoms with E-state index < -0.39 is 54.1 Å². The molecule has 2 heterocycles. The number of hydrogen-bond acceptors (Lipinski definition) is 4. The maximum atomic E-state index is 14.0. The lowest BCUT2D eigenvalue weighted by atomic mass is 9.89. The van der Waals surface area contributed by atoms with Gasteiger partial charge in [-0.15, -0.1) is 0 Å². The van der Waals surface area contributed by atoms with Crippen LogP contribution in [-0.2, 0) is 19.9 Å². The Morgan fingerprint density at radius 1 is 1.00 bits per heavy atom. The fourth-order valence-electron chi connectivity index (χ4n) is 3.64. The quantitative estimate of drug-likeness (QED) is 0.725. The van der Waals surface area contributed by atoms with Crippen LogP contribution in [0.2, 0.25) is 0 Å². The zero-order valence-corrected chi connectivity index (χ0v) is 15.8. The molecule has 0 saturated carbocycles. The second kappa shape index (κ2) is 7.11. The van der Waals surface area contributed by atoms with Crippen LogP contribution in [0.3, 0.4) is 0 Å². The molecule has 0 aliphatic carbocycles. The Morgan fingerprint density at radius 2 is 1.65 bits per heavy atom. The molecule has 2 aliphatic heterocycles. The first kappa shape index (κ1) is 20.4. The van der Waals surface area contributed by atoms with E-state index in [9.17, 15) is 32.3 Å². The van der Waals surface area contributed by atoms with Crippen LogP contribution in [0.25, 0.3) is 0 Å². The van der Waals surface area contributed by atoms with Gasteiger partial charge in [0.15, 0.2) is 0 Å². The maximum absolute atomic E-state index is 14.0. The summed E-state index contributed by atoms with van der Waals surface area (Å²) in [7, 11) is 0. The summed E-state index contributed by atoms with van der Waals surface area (Å²) in [5.41, 5.74) is -3.14. The Morgan fingerprint density at radius 3 is 2.32 bits per heavy atom.